The third-order valence-electron chi connectivity index (χ3n) is 8.32. The fraction of sp³-hybridized carbons (Fsp3) is 0.378. The highest BCUT2D eigenvalue weighted by atomic mass is 16.4. The van der Waals surface area contributed by atoms with Gasteiger partial charge >= 0.3 is 5.97 Å². The van der Waals surface area contributed by atoms with E-state index in [9.17, 15) is 19.5 Å². The Balaban J connectivity index is 0.000000315. The summed E-state index contributed by atoms with van der Waals surface area (Å²) in [5.41, 5.74) is 2.35. The molecular formula is C37H45N5O4. The van der Waals surface area contributed by atoms with Gasteiger partial charge in [-0.25, -0.2) is 9.78 Å². The van der Waals surface area contributed by atoms with Gasteiger partial charge in [-0.2, -0.15) is 0 Å². The Morgan fingerprint density at radius 2 is 1.63 bits per heavy atom. The Morgan fingerprint density at radius 3 is 2.28 bits per heavy atom. The number of carbonyl (C=O) groups is 2. The number of unbranched alkanes of at least 4 members (excludes halogenated alkanes) is 7. The van der Waals surface area contributed by atoms with Gasteiger partial charge in [-0.3, -0.25) is 19.0 Å². The molecule has 4 heterocycles. The van der Waals surface area contributed by atoms with Gasteiger partial charge in [-0.05, 0) is 76.4 Å². The van der Waals surface area contributed by atoms with Crippen molar-refractivity contribution in [3.05, 3.63) is 100.0 Å². The average molecular weight is 624 g/mol. The topological polar surface area (TPSA) is 110 Å². The maximum Gasteiger partial charge on any atom is 0.341 e. The molecule has 0 bridgehead atoms. The number of carboxylic acid groups (broad SMARTS) is 1. The van der Waals surface area contributed by atoms with E-state index < -0.39 is 11.4 Å². The summed E-state index contributed by atoms with van der Waals surface area (Å²) in [5.74, 6) is -1.49. The van der Waals surface area contributed by atoms with Gasteiger partial charge in [0.25, 0.3) is 0 Å². The number of carboxylic acids is 1. The van der Waals surface area contributed by atoms with Crippen LogP contribution in [0.2, 0.25) is 0 Å². The third-order valence-corrected chi connectivity index (χ3v) is 8.32. The molecule has 5 rings (SSSR count). The summed E-state index contributed by atoms with van der Waals surface area (Å²) in [5, 5.41) is 9.68. The number of rotatable bonds is 13. The maximum atomic E-state index is 13.5. The summed E-state index contributed by atoms with van der Waals surface area (Å²) >= 11 is 0. The fourth-order valence-electron chi connectivity index (χ4n) is 5.66. The van der Waals surface area contributed by atoms with Crippen LogP contribution in [0.25, 0.3) is 27.7 Å². The van der Waals surface area contributed by atoms with Gasteiger partial charge < -0.3 is 14.6 Å². The van der Waals surface area contributed by atoms with Crippen LogP contribution < -0.4 is 5.43 Å². The van der Waals surface area contributed by atoms with Crippen molar-refractivity contribution in [3.8, 4) is 11.3 Å². The summed E-state index contributed by atoms with van der Waals surface area (Å²) in [4.78, 5) is 49.1. The first-order chi connectivity index (χ1) is 22.1. The van der Waals surface area contributed by atoms with Gasteiger partial charge in [-0.1, -0.05) is 57.9 Å². The van der Waals surface area contributed by atoms with Gasteiger partial charge in [0.05, 0.1) is 16.7 Å². The number of aromatic carboxylic acids is 1. The zero-order valence-corrected chi connectivity index (χ0v) is 27.6. The minimum Gasteiger partial charge on any atom is -0.477 e. The number of hydrogen-bond donors (Lipinski definition) is 1. The molecule has 46 heavy (non-hydrogen) atoms. The van der Waals surface area contributed by atoms with E-state index in [1.165, 1.54) is 64.0 Å². The highest BCUT2D eigenvalue weighted by Gasteiger charge is 2.22. The van der Waals surface area contributed by atoms with Crippen molar-refractivity contribution < 1.29 is 14.7 Å². The lowest BCUT2D eigenvalue weighted by Crippen LogP contribution is -2.22. The van der Waals surface area contributed by atoms with Crippen molar-refractivity contribution in [2.45, 2.75) is 65.2 Å². The van der Waals surface area contributed by atoms with E-state index in [1.807, 2.05) is 18.2 Å². The van der Waals surface area contributed by atoms with E-state index in [0.717, 1.165) is 11.1 Å². The van der Waals surface area contributed by atoms with Crippen LogP contribution in [0.4, 0.5) is 0 Å². The van der Waals surface area contributed by atoms with Crippen molar-refractivity contribution in [1.29, 1.82) is 0 Å². The quantitative estimate of drug-likeness (QED) is 0.109. The summed E-state index contributed by atoms with van der Waals surface area (Å²) in [7, 11) is 6.00. The first-order valence-electron chi connectivity index (χ1n) is 16.1. The lowest BCUT2D eigenvalue weighted by Gasteiger charge is -2.12. The Labute approximate surface area is 270 Å². The van der Waals surface area contributed by atoms with Crippen LogP contribution in [-0.2, 0) is 7.05 Å². The molecule has 0 radical (unpaired) electrons. The number of aryl methyl sites for hydroxylation is 1. The van der Waals surface area contributed by atoms with E-state index in [4.69, 9.17) is 0 Å². The van der Waals surface area contributed by atoms with Crippen LogP contribution in [0.5, 0.6) is 0 Å². The molecule has 0 fully saturated rings. The highest BCUT2D eigenvalue weighted by Crippen LogP contribution is 2.26. The molecule has 4 aromatic heterocycles. The predicted octanol–water partition coefficient (Wildman–Crippen LogP) is 7.17. The minimum absolute atomic E-state index is 0.166. The van der Waals surface area contributed by atoms with Crippen LogP contribution in [-0.4, -0.2) is 61.3 Å². The standard InChI is InChI=1S/C25H18N4O4.C12H27N/c1-14-20(25(32)33)23(31)17-12-15(8-9-18(17)28(14)2)22(30)24-27-21(16-6-5-10-26-13-16)19-7-3-4-11-29(19)24;1-4-5-6-7-8-9-10-11-12-13(2)3/h3-13H,1-2H3,(H,32,33);4-12H2,1-3H3. The molecule has 242 valence electrons. The first-order valence-corrected chi connectivity index (χ1v) is 16.1. The van der Waals surface area contributed by atoms with E-state index in [2.05, 4.69) is 35.9 Å². The van der Waals surface area contributed by atoms with Crippen molar-refractivity contribution in [1.82, 2.24) is 23.8 Å². The molecule has 5 aromatic rings. The third kappa shape index (κ3) is 7.95. The second-order valence-electron chi connectivity index (χ2n) is 12.0. The van der Waals surface area contributed by atoms with Crippen molar-refractivity contribution in [3.63, 3.8) is 0 Å². The molecule has 1 N–H and O–H groups in total. The minimum atomic E-state index is -1.30. The number of carbonyl (C=O) groups excluding carboxylic acids is 1. The van der Waals surface area contributed by atoms with Gasteiger partial charge in [0, 0.05) is 47.8 Å². The van der Waals surface area contributed by atoms with Crippen LogP contribution in [0.15, 0.2) is 71.9 Å². The number of aromatic nitrogens is 4. The first kappa shape index (κ1) is 34.2. The summed E-state index contributed by atoms with van der Waals surface area (Å²) in [6.45, 7) is 5.12. The second-order valence-corrected chi connectivity index (χ2v) is 12.0. The van der Waals surface area contributed by atoms with E-state index in [1.54, 1.807) is 65.8 Å². The number of benzene rings is 1. The van der Waals surface area contributed by atoms with Crippen molar-refractivity contribution in [2.24, 2.45) is 7.05 Å². The number of pyridine rings is 3. The lowest BCUT2D eigenvalue weighted by molar-refractivity contribution is 0.0693. The molecule has 9 nitrogen and oxygen atoms in total. The smallest absolute Gasteiger partial charge is 0.341 e. The van der Waals surface area contributed by atoms with E-state index in [0.29, 0.717) is 16.9 Å². The molecule has 0 aliphatic heterocycles. The molecule has 0 saturated heterocycles. The highest BCUT2D eigenvalue weighted by molar-refractivity contribution is 6.10. The van der Waals surface area contributed by atoms with E-state index >= 15 is 0 Å². The molecule has 0 aliphatic carbocycles. The predicted molar refractivity (Wildman–Crippen MR) is 184 cm³/mol. The fourth-order valence-corrected chi connectivity index (χ4v) is 5.66. The van der Waals surface area contributed by atoms with Gasteiger partial charge in [0.1, 0.15) is 5.56 Å². The van der Waals surface area contributed by atoms with Gasteiger partial charge in [0.2, 0.25) is 11.2 Å². The molecule has 1 aromatic carbocycles. The Hall–Kier alpha value is -4.63. The summed E-state index contributed by atoms with van der Waals surface area (Å²) in [6, 6.07) is 13.9. The zero-order chi connectivity index (χ0) is 33.2. The number of fused-ring (bicyclic) bond motifs is 2. The Kier molecular flexibility index (Phi) is 12.0. The number of nitrogens with zero attached hydrogens (tertiary/aromatic N) is 5. The number of ketones is 1. The molecule has 0 unspecified atom stereocenters. The van der Waals surface area contributed by atoms with Gasteiger partial charge in [-0.15, -0.1) is 0 Å². The molecule has 0 atom stereocenters. The molecule has 0 spiro atoms. The Bertz CT molecular complexity index is 1860. The SMILES string of the molecule is CCCCCCCCCCN(C)C.Cc1c(C(=O)O)c(=O)c2cc(C(=O)c3nc(-c4cccnc4)c4ccccn34)ccc2n1C. The van der Waals surface area contributed by atoms with Crippen molar-refractivity contribution in [2.75, 3.05) is 20.6 Å². The molecule has 0 amide bonds. The summed E-state index contributed by atoms with van der Waals surface area (Å²) in [6.07, 6.45) is 16.5. The van der Waals surface area contributed by atoms with Gasteiger partial charge in [0.15, 0.2) is 5.82 Å². The van der Waals surface area contributed by atoms with Crippen LogP contribution in [0, 0.1) is 6.92 Å². The molecule has 0 aliphatic rings. The molecule has 9 heteroatoms. The normalized spacial score (nSPS) is 11.2. The van der Waals surface area contributed by atoms with Crippen LogP contribution in [0.1, 0.15) is 90.5 Å². The lowest BCUT2D eigenvalue weighted by atomic mass is 10.0. The van der Waals surface area contributed by atoms with E-state index in [-0.39, 0.29) is 28.1 Å². The average Bonchev–Trinajstić information content (AvgIpc) is 3.44. The molecule has 0 saturated carbocycles. The number of imidazole rings is 1. The second kappa shape index (κ2) is 16.1. The maximum absolute atomic E-state index is 13.5. The largest absolute Gasteiger partial charge is 0.477 e. The number of hydrogen-bond acceptors (Lipinski definition) is 6. The summed E-state index contributed by atoms with van der Waals surface area (Å²) < 4.78 is 3.34. The molecular weight excluding hydrogens is 578 g/mol. The van der Waals surface area contributed by atoms with Crippen LogP contribution in [0.3, 0.4) is 0 Å². The Morgan fingerprint density at radius 1 is 0.913 bits per heavy atom. The zero-order valence-electron chi connectivity index (χ0n) is 27.6. The van der Waals surface area contributed by atoms with Crippen LogP contribution >= 0.6 is 0 Å². The van der Waals surface area contributed by atoms with Crippen molar-refractivity contribution >= 4 is 28.2 Å². The monoisotopic (exact) mass is 623 g/mol.